The van der Waals surface area contributed by atoms with E-state index in [9.17, 15) is 9.59 Å². The van der Waals surface area contributed by atoms with Gasteiger partial charge in [-0.2, -0.15) is 5.10 Å². The number of carbonyl (C=O) groups is 2. The fraction of sp³-hybridized carbons (Fsp3) is 0.154. The Labute approximate surface area is 120 Å². The zero-order valence-electron chi connectivity index (χ0n) is 10.6. The van der Waals surface area contributed by atoms with Gasteiger partial charge in [-0.15, -0.1) is 0 Å². The molecule has 2 N–H and O–H groups in total. The summed E-state index contributed by atoms with van der Waals surface area (Å²) in [7, 11) is 1.55. The van der Waals surface area contributed by atoms with E-state index in [1.807, 2.05) is 0 Å². The number of hydrogen-bond acceptors (Lipinski definition) is 3. The summed E-state index contributed by atoms with van der Waals surface area (Å²) < 4.78 is 1.29. The number of hydrogen-bond donors (Lipinski definition) is 2. The topological polar surface area (TPSA) is 84.2 Å². The Morgan fingerprint density at radius 2 is 2.10 bits per heavy atom. The van der Waals surface area contributed by atoms with Crippen molar-refractivity contribution in [3.63, 3.8) is 0 Å². The number of benzene rings is 1. The zero-order chi connectivity index (χ0) is 14.7. The van der Waals surface area contributed by atoms with Crippen LogP contribution in [0.1, 0.15) is 26.4 Å². The van der Waals surface area contributed by atoms with Gasteiger partial charge in [-0.05, 0) is 11.6 Å². The molecule has 1 amide bonds. The first-order chi connectivity index (χ1) is 9.49. The zero-order valence-corrected chi connectivity index (χ0v) is 11.4. The van der Waals surface area contributed by atoms with Crippen LogP contribution in [0.3, 0.4) is 0 Å². The molecule has 0 spiro atoms. The predicted octanol–water partition coefficient (Wildman–Crippen LogP) is 1.70. The molecule has 0 unspecified atom stereocenters. The number of nitrogens with one attached hydrogen (secondary N) is 1. The molecule has 6 nitrogen and oxygen atoms in total. The van der Waals surface area contributed by atoms with Gasteiger partial charge in [0.05, 0.1) is 5.56 Å². The lowest BCUT2D eigenvalue weighted by atomic mass is 10.2. The summed E-state index contributed by atoms with van der Waals surface area (Å²) in [6, 6.07) is 7.09. The van der Waals surface area contributed by atoms with Gasteiger partial charge in [-0.25, -0.2) is 4.79 Å². The van der Waals surface area contributed by atoms with Crippen molar-refractivity contribution in [2.75, 3.05) is 0 Å². The Morgan fingerprint density at radius 1 is 1.40 bits per heavy atom. The first-order valence-corrected chi connectivity index (χ1v) is 6.15. The molecule has 0 saturated carbocycles. The van der Waals surface area contributed by atoms with Crippen LogP contribution in [0.5, 0.6) is 0 Å². The van der Waals surface area contributed by atoms with Gasteiger partial charge in [0.15, 0.2) is 5.69 Å². The molecule has 0 aliphatic rings. The van der Waals surface area contributed by atoms with E-state index in [2.05, 4.69) is 10.4 Å². The summed E-state index contributed by atoms with van der Waals surface area (Å²) in [5, 5.41) is 15.9. The lowest BCUT2D eigenvalue weighted by Crippen LogP contribution is -2.24. The third kappa shape index (κ3) is 2.97. The highest BCUT2D eigenvalue weighted by Gasteiger charge is 2.20. The van der Waals surface area contributed by atoms with E-state index in [0.29, 0.717) is 5.02 Å². The van der Waals surface area contributed by atoms with Crippen LogP contribution in [0.15, 0.2) is 30.5 Å². The van der Waals surface area contributed by atoms with Gasteiger partial charge in [0.25, 0.3) is 5.91 Å². The van der Waals surface area contributed by atoms with E-state index in [1.54, 1.807) is 31.3 Å². The summed E-state index contributed by atoms with van der Waals surface area (Å²) >= 11 is 5.98. The van der Waals surface area contributed by atoms with Crippen LogP contribution < -0.4 is 5.32 Å². The van der Waals surface area contributed by atoms with Crippen LogP contribution in [-0.2, 0) is 13.6 Å². The molecule has 1 heterocycles. The maximum atomic E-state index is 12.0. The standard InChI is InChI=1S/C13H12ClN3O3/c1-17-7-9(11(16-17)13(19)20)12(18)15-6-8-4-2-3-5-10(8)14/h2-5,7H,6H2,1H3,(H,15,18)(H,19,20). The monoisotopic (exact) mass is 293 g/mol. The van der Waals surface area contributed by atoms with E-state index in [0.717, 1.165) is 5.56 Å². The van der Waals surface area contributed by atoms with E-state index in [-0.39, 0.29) is 17.8 Å². The number of aromatic carboxylic acids is 1. The highest BCUT2D eigenvalue weighted by molar-refractivity contribution is 6.31. The van der Waals surface area contributed by atoms with Crippen molar-refractivity contribution in [3.8, 4) is 0 Å². The molecule has 0 aliphatic heterocycles. The van der Waals surface area contributed by atoms with E-state index < -0.39 is 11.9 Å². The Morgan fingerprint density at radius 3 is 2.75 bits per heavy atom. The second-order valence-electron chi connectivity index (χ2n) is 4.14. The Bertz CT molecular complexity index is 667. The molecule has 104 valence electrons. The van der Waals surface area contributed by atoms with Gasteiger partial charge in [-0.1, -0.05) is 29.8 Å². The maximum Gasteiger partial charge on any atom is 0.357 e. The first-order valence-electron chi connectivity index (χ1n) is 5.77. The molecular weight excluding hydrogens is 282 g/mol. The molecule has 2 rings (SSSR count). The molecular formula is C13H12ClN3O3. The largest absolute Gasteiger partial charge is 0.476 e. The first kappa shape index (κ1) is 14.1. The van der Waals surface area contributed by atoms with Gasteiger partial charge in [-0.3, -0.25) is 9.48 Å². The Kier molecular flexibility index (Phi) is 4.05. The van der Waals surface area contributed by atoms with Gasteiger partial charge in [0.1, 0.15) is 0 Å². The van der Waals surface area contributed by atoms with Crippen molar-refractivity contribution < 1.29 is 14.7 Å². The Hall–Kier alpha value is -2.34. The molecule has 1 aromatic heterocycles. The maximum absolute atomic E-state index is 12.0. The minimum atomic E-state index is -1.24. The van der Waals surface area contributed by atoms with Gasteiger partial charge in [0, 0.05) is 24.8 Å². The minimum absolute atomic E-state index is 0.0204. The van der Waals surface area contributed by atoms with Crippen LogP contribution in [0.25, 0.3) is 0 Å². The number of carboxylic acid groups (broad SMARTS) is 1. The smallest absolute Gasteiger partial charge is 0.357 e. The molecule has 0 atom stereocenters. The number of nitrogens with zero attached hydrogens (tertiary/aromatic N) is 2. The average Bonchev–Trinajstić information content (AvgIpc) is 2.80. The quantitative estimate of drug-likeness (QED) is 0.898. The second kappa shape index (κ2) is 5.75. The van der Waals surface area contributed by atoms with E-state index in [4.69, 9.17) is 16.7 Å². The molecule has 0 fully saturated rings. The number of carbonyl (C=O) groups excluding carboxylic acids is 1. The molecule has 0 saturated heterocycles. The third-order valence-corrected chi connectivity index (χ3v) is 3.04. The normalized spacial score (nSPS) is 10.3. The lowest BCUT2D eigenvalue weighted by molar-refractivity contribution is 0.0684. The Balaban J connectivity index is 2.13. The van der Waals surface area contributed by atoms with Gasteiger partial charge >= 0.3 is 5.97 Å². The fourth-order valence-corrected chi connectivity index (χ4v) is 1.93. The SMILES string of the molecule is Cn1cc(C(=O)NCc2ccccc2Cl)c(C(=O)O)n1. The van der Waals surface area contributed by atoms with E-state index in [1.165, 1.54) is 10.9 Å². The summed E-state index contributed by atoms with van der Waals surface area (Å²) in [6.07, 6.45) is 1.37. The van der Waals surface area contributed by atoms with Gasteiger partial charge < -0.3 is 10.4 Å². The molecule has 7 heteroatoms. The van der Waals surface area contributed by atoms with Crippen molar-refractivity contribution in [1.29, 1.82) is 0 Å². The van der Waals surface area contributed by atoms with Crippen LogP contribution in [0.2, 0.25) is 5.02 Å². The van der Waals surface area contributed by atoms with Crippen LogP contribution in [0.4, 0.5) is 0 Å². The molecule has 1 aromatic carbocycles. The summed E-state index contributed by atoms with van der Waals surface area (Å²) in [6.45, 7) is 0.215. The second-order valence-corrected chi connectivity index (χ2v) is 4.55. The molecule has 20 heavy (non-hydrogen) atoms. The summed E-state index contributed by atoms with van der Waals surface area (Å²) in [4.78, 5) is 23.0. The fourth-order valence-electron chi connectivity index (χ4n) is 1.73. The number of aromatic nitrogens is 2. The summed E-state index contributed by atoms with van der Waals surface area (Å²) in [5.41, 5.74) is 0.500. The van der Waals surface area contributed by atoms with Crippen molar-refractivity contribution >= 4 is 23.5 Å². The molecule has 0 radical (unpaired) electrons. The van der Waals surface area contributed by atoms with Crippen molar-refractivity contribution in [2.24, 2.45) is 7.05 Å². The highest BCUT2D eigenvalue weighted by Crippen LogP contribution is 2.15. The number of rotatable bonds is 4. The van der Waals surface area contributed by atoms with Crippen LogP contribution in [0, 0.1) is 0 Å². The number of halogens is 1. The number of amides is 1. The van der Waals surface area contributed by atoms with Crippen molar-refractivity contribution in [1.82, 2.24) is 15.1 Å². The summed E-state index contributed by atoms with van der Waals surface area (Å²) in [5.74, 6) is -1.75. The average molecular weight is 294 g/mol. The molecule has 2 aromatic rings. The van der Waals surface area contributed by atoms with Crippen molar-refractivity contribution in [2.45, 2.75) is 6.54 Å². The molecule has 0 bridgehead atoms. The predicted molar refractivity (Wildman–Crippen MR) is 72.8 cm³/mol. The third-order valence-electron chi connectivity index (χ3n) is 2.67. The lowest BCUT2D eigenvalue weighted by Gasteiger charge is -2.06. The van der Waals surface area contributed by atoms with Gasteiger partial charge in [0.2, 0.25) is 0 Å². The number of carboxylic acids is 1. The minimum Gasteiger partial charge on any atom is -0.476 e. The van der Waals surface area contributed by atoms with Crippen molar-refractivity contribution in [3.05, 3.63) is 52.3 Å². The van der Waals surface area contributed by atoms with E-state index >= 15 is 0 Å². The molecule has 0 aliphatic carbocycles. The highest BCUT2D eigenvalue weighted by atomic mass is 35.5. The number of aryl methyl sites for hydroxylation is 1. The van der Waals surface area contributed by atoms with Crippen LogP contribution >= 0.6 is 11.6 Å². The van der Waals surface area contributed by atoms with Crippen LogP contribution in [-0.4, -0.2) is 26.8 Å².